The van der Waals surface area contributed by atoms with Crippen LogP contribution in [0.2, 0.25) is 0 Å². The van der Waals surface area contributed by atoms with Gasteiger partial charge in [0.1, 0.15) is 11.5 Å². The number of aromatic nitrogens is 3. The number of nitrogens with one attached hydrogen (secondary N) is 3. The van der Waals surface area contributed by atoms with E-state index < -0.39 is 22.9 Å². The second-order valence-electron chi connectivity index (χ2n) is 9.23. The van der Waals surface area contributed by atoms with E-state index in [2.05, 4.69) is 15.3 Å². The van der Waals surface area contributed by atoms with Crippen molar-refractivity contribution in [3.05, 3.63) is 71.9 Å². The molecule has 0 saturated carbocycles. The van der Waals surface area contributed by atoms with Gasteiger partial charge in [-0.25, -0.2) is 13.4 Å². The lowest BCUT2D eigenvalue weighted by molar-refractivity contribution is 0.0692. The zero-order valence-electron chi connectivity index (χ0n) is 20.3. The maximum atomic E-state index is 14.6. The molecule has 0 aliphatic heterocycles. The first-order valence-electron chi connectivity index (χ1n) is 11.9. The van der Waals surface area contributed by atoms with Crippen molar-refractivity contribution >= 4 is 38.9 Å². The van der Waals surface area contributed by atoms with E-state index in [1.54, 1.807) is 6.20 Å². The molecule has 37 heavy (non-hydrogen) atoms. The molecule has 192 valence electrons. The second-order valence-corrected chi connectivity index (χ2v) is 10.2. The van der Waals surface area contributed by atoms with Crippen LogP contribution in [0.15, 0.2) is 54.9 Å². The highest BCUT2D eigenvalue weighted by molar-refractivity contribution is 7.79. The van der Waals surface area contributed by atoms with Gasteiger partial charge < -0.3 is 29.5 Å². The average Bonchev–Trinajstić information content (AvgIpc) is 3.57. The highest BCUT2D eigenvalue weighted by Gasteiger charge is 2.28. The third-order valence-corrected chi connectivity index (χ3v) is 7.02. The molecule has 8 nitrogen and oxygen atoms in total. The van der Waals surface area contributed by atoms with Crippen LogP contribution in [0, 0.1) is 5.82 Å². The molecule has 5 N–H and O–H groups in total. The first-order valence-corrected chi connectivity index (χ1v) is 13.2. The fraction of sp³-hybridized carbons (Fsp3) is 0.222. The average molecular weight is 523 g/mol. The molecule has 0 saturated heterocycles. The lowest BCUT2D eigenvalue weighted by atomic mass is 9.89. The van der Waals surface area contributed by atoms with E-state index >= 15 is 0 Å². The van der Waals surface area contributed by atoms with Crippen molar-refractivity contribution in [1.82, 2.24) is 19.9 Å². The van der Waals surface area contributed by atoms with Crippen LogP contribution in [0.3, 0.4) is 0 Å². The van der Waals surface area contributed by atoms with Crippen molar-refractivity contribution in [3.8, 4) is 22.4 Å². The zero-order chi connectivity index (χ0) is 26.3. The third kappa shape index (κ3) is 4.59. The van der Waals surface area contributed by atoms with E-state index in [-0.39, 0.29) is 17.5 Å². The fourth-order valence-corrected chi connectivity index (χ4v) is 5.40. The van der Waals surface area contributed by atoms with E-state index in [0.29, 0.717) is 35.4 Å². The minimum atomic E-state index is -1.91. The summed E-state index contributed by atoms with van der Waals surface area (Å²) in [4.78, 5) is 18.7. The summed E-state index contributed by atoms with van der Waals surface area (Å²) >= 11 is -1.91. The molecule has 1 unspecified atom stereocenters. The van der Waals surface area contributed by atoms with E-state index in [9.17, 15) is 18.5 Å². The normalized spacial score (nSPS) is 12.7. The lowest BCUT2D eigenvalue weighted by Crippen LogP contribution is -2.23. The number of halogens is 1. The molecule has 10 heteroatoms. The largest absolute Gasteiger partial charge is 0.477 e. The molecule has 0 bridgehead atoms. The van der Waals surface area contributed by atoms with Crippen molar-refractivity contribution in [2.75, 3.05) is 12.4 Å². The van der Waals surface area contributed by atoms with Crippen LogP contribution in [-0.2, 0) is 17.6 Å². The number of H-pyrrole nitrogens is 2. The molecule has 0 radical (unpaired) electrons. The van der Waals surface area contributed by atoms with Crippen LogP contribution in [0.1, 0.15) is 35.8 Å². The Bertz CT molecular complexity index is 1650. The van der Waals surface area contributed by atoms with Gasteiger partial charge in [-0.15, -0.1) is 0 Å². The van der Waals surface area contributed by atoms with Gasteiger partial charge in [0.15, 0.2) is 11.1 Å². The number of benzene rings is 2. The van der Waals surface area contributed by atoms with Crippen LogP contribution < -0.4 is 5.32 Å². The van der Waals surface area contributed by atoms with E-state index in [1.165, 1.54) is 12.1 Å². The SMILES string of the molecule is CC(C)c1c(-c2cc(F)cc3[nH]ccc23)[nH]c(C(=O)O)c1-c1cccc2c1ccn2CCNCS(=O)O. The van der Waals surface area contributed by atoms with Gasteiger partial charge in [-0.3, -0.25) is 0 Å². The van der Waals surface area contributed by atoms with E-state index in [1.807, 2.05) is 54.9 Å². The molecule has 0 spiro atoms. The Kier molecular flexibility index (Phi) is 6.72. The molecule has 0 fully saturated rings. The smallest absolute Gasteiger partial charge is 0.352 e. The monoisotopic (exact) mass is 522 g/mol. The topological polar surface area (TPSA) is 123 Å². The Balaban J connectivity index is 1.70. The Morgan fingerprint density at radius 1 is 1.16 bits per heavy atom. The van der Waals surface area contributed by atoms with Gasteiger partial charge in [-0.1, -0.05) is 26.0 Å². The summed E-state index contributed by atoms with van der Waals surface area (Å²) in [7, 11) is 0. The van der Waals surface area contributed by atoms with Crippen LogP contribution in [0.4, 0.5) is 4.39 Å². The van der Waals surface area contributed by atoms with Crippen LogP contribution in [0.5, 0.6) is 0 Å². The number of hydrogen-bond acceptors (Lipinski definition) is 3. The molecule has 5 rings (SSSR count). The molecule has 0 amide bonds. The summed E-state index contributed by atoms with van der Waals surface area (Å²) < 4.78 is 36.5. The number of carboxylic acids is 1. The molecular formula is C27H27FN4O4S. The molecule has 0 aliphatic carbocycles. The Morgan fingerprint density at radius 3 is 2.70 bits per heavy atom. The molecule has 5 aromatic rings. The van der Waals surface area contributed by atoms with Crippen LogP contribution in [0.25, 0.3) is 44.2 Å². The van der Waals surface area contributed by atoms with E-state index in [0.717, 1.165) is 27.4 Å². The van der Waals surface area contributed by atoms with Crippen LogP contribution >= 0.6 is 0 Å². The number of fused-ring (bicyclic) bond motifs is 2. The number of carboxylic acid groups (broad SMARTS) is 1. The number of hydrogen-bond donors (Lipinski definition) is 5. The molecular weight excluding hydrogens is 495 g/mol. The molecule has 3 heterocycles. The van der Waals surface area contributed by atoms with Gasteiger partial charge in [-0.05, 0) is 47.4 Å². The quantitative estimate of drug-likeness (QED) is 0.129. The van der Waals surface area contributed by atoms with Gasteiger partial charge in [0.2, 0.25) is 0 Å². The summed E-state index contributed by atoms with van der Waals surface area (Å²) in [6, 6.07) is 12.4. The minimum absolute atomic E-state index is 0.00914. The Morgan fingerprint density at radius 2 is 1.97 bits per heavy atom. The Labute approximate surface area is 214 Å². The number of carbonyl (C=O) groups is 1. The van der Waals surface area contributed by atoms with Gasteiger partial charge in [0, 0.05) is 58.4 Å². The first-order chi connectivity index (χ1) is 17.8. The standard InChI is InChI=1S/C27H27FN4O4S/c1-15(2)23-24(19-4-3-5-22-18(19)7-10-32(22)11-9-29-14-37(35)36)26(27(33)34)31-25(23)20-12-16(28)13-21-17(20)6-8-30-21/h3-8,10,12-13,15,29-31H,9,11,14H2,1-2H3,(H,33,34)(H,35,36). The summed E-state index contributed by atoms with van der Waals surface area (Å²) in [6.45, 7) is 5.06. The summed E-state index contributed by atoms with van der Waals surface area (Å²) in [6.07, 6.45) is 3.66. The fourth-order valence-electron chi connectivity index (χ4n) is 5.08. The maximum Gasteiger partial charge on any atom is 0.352 e. The van der Waals surface area contributed by atoms with Crippen molar-refractivity contribution in [3.63, 3.8) is 0 Å². The highest BCUT2D eigenvalue weighted by atomic mass is 32.2. The molecule has 2 aromatic carbocycles. The minimum Gasteiger partial charge on any atom is -0.477 e. The summed E-state index contributed by atoms with van der Waals surface area (Å²) in [5, 5.41) is 14.8. The van der Waals surface area contributed by atoms with Gasteiger partial charge in [0.05, 0.1) is 11.6 Å². The van der Waals surface area contributed by atoms with Crippen LogP contribution in [-0.4, -0.2) is 46.8 Å². The van der Waals surface area contributed by atoms with Crippen molar-refractivity contribution < 1.29 is 23.1 Å². The highest BCUT2D eigenvalue weighted by Crippen LogP contribution is 2.44. The maximum absolute atomic E-state index is 14.6. The van der Waals surface area contributed by atoms with Gasteiger partial charge in [-0.2, -0.15) is 0 Å². The predicted molar refractivity (Wildman–Crippen MR) is 144 cm³/mol. The number of aromatic carboxylic acids is 1. The van der Waals surface area contributed by atoms with E-state index in [4.69, 9.17) is 4.55 Å². The summed E-state index contributed by atoms with van der Waals surface area (Å²) in [5.41, 5.74) is 4.95. The number of aromatic amines is 2. The molecule has 0 aliphatic rings. The predicted octanol–water partition coefficient (Wildman–Crippen LogP) is 5.51. The number of rotatable bonds is 9. The van der Waals surface area contributed by atoms with Crippen molar-refractivity contribution in [2.24, 2.45) is 0 Å². The Hall–Kier alpha value is -3.73. The van der Waals surface area contributed by atoms with Crippen molar-refractivity contribution in [1.29, 1.82) is 0 Å². The first kappa shape index (κ1) is 24.9. The zero-order valence-corrected chi connectivity index (χ0v) is 21.2. The second kappa shape index (κ2) is 9.97. The number of nitrogens with zero attached hydrogens (tertiary/aromatic N) is 1. The molecule has 1 atom stereocenters. The van der Waals surface area contributed by atoms with Crippen molar-refractivity contribution in [2.45, 2.75) is 26.3 Å². The molecule has 3 aromatic heterocycles. The summed E-state index contributed by atoms with van der Waals surface area (Å²) in [5.74, 6) is -1.58. The van der Waals surface area contributed by atoms with Gasteiger partial charge >= 0.3 is 5.97 Å². The lowest BCUT2D eigenvalue weighted by Gasteiger charge is -2.14. The van der Waals surface area contributed by atoms with Gasteiger partial charge in [0.25, 0.3) is 0 Å². The third-order valence-electron chi connectivity index (χ3n) is 6.57.